The van der Waals surface area contributed by atoms with Gasteiger partial charge >= 0.3 is 5.97 Å². The molecular weight excluding hydrogens is 649 g/mol. The van der Waals surface area contributed by atoms with Crippen molar-refractivity contribution in [1.82, 2.24) is 0 Å². The molecule has 116 valence electrons. The van der Waals surface area contributed by atoms with Crippen LogP contribution in [0.25, 0.3) is 0 Å². The van der Waals surface area contributed by atoms with Gasteiger partial charge in [0.15, 0.2) is 5.75 Å². The molecule has 22 heavy (non-hydrogen) atoms. The lowest BCUT2D eigenvalue weighted by Gasteiger charge is -2.10. The molecule has 0 atom stereocenters. The largest absolute Gasteiger partial charge is 0.744 e. The van der Waals surface area contributed by atoms with Gasteiger partial charge in [0.2, 0.25) is 0 Å². The number of ether oxygens (including phenoxy) is 1. The van der Waals surface area contributed by atoms with Gasteiger partial charge in [-0.25, -0.2) is 13.2 Å². The van der Waals surface area contributed by atoms with Gasteiger partial charge in [0.05, 0.1) is 17.6 Å². The molecule has 2 aromatic carbocycles. The molecule has 0 spiro atoms. The van der Waals surface area contributed by atoms with Gasteiger partial charge in [-0.1, -0.05) is 0 Å². The minimum Gasteiger partial charge on any atom is -0.744 e. The minimum absolute atomic E-state index is 0.164. The minimum atomic E-state index is -4.53. The number of hydrogen-bond acceptors (Lipinski definition) is 5. The Balaban J connectivity index is 2.27. The van der Waals surface area contributed by atoms with Crippen LogP contribution < -0.4 is 4.74 Å². The standard InChI is InChI=1S/C13H7I3O5S/c14-8-5-10(15)12(11(16)6-8)21-13(17)7-1-3-9(4-2-7)22(18,19)20/h1-6H,(H,18,19,20)/p-1. The van der Waals surface area contributed by atoms with Gasteiger partial charge in [0.25, 0.3) is 0 Å². The lowest BCUT2D eigenvalue weighted by molar-refractivity contribution is 0.0732. The molecular formula is C13H6I3O5S-. The van der Waals surface area contributed by atoms with Crippen molar-refractivity contribution in [3.8, 4) is 5.75 Å². The van der Waals surface area contributed by atoms with Crippen molar-refractivity contribution in [2.45, 2.75) is 4.90 Å². The maximum absolute atomic E-state index is 12.1. The molecule has 5 nitrogen and oxygen atoms in total. The van der Waals surface area contributed by atoms with Gasteiger partial charge in [-0.3, -0.25) is 0 Å². The zero-order chi connectivity index (χ0) is 16.5. The van der Waals surface area contributed by atoms with Crippen LogP contribution in [0.4, 0.5) is 0 Å². The zero-order valence-electron chi connectivity index (χ0n) is 10.5. The Hall–Kier alpha value is 0.01000. The average Bonchev–Trinajstić information content (AvgIpc) is 2.41. The van der Waals surface area contributed by atoms with Gasteiger partial charge < -0.3 is 9.29 Å². The Kier molecular flexibility index (Phi) is 6.07. The van der Waals surface area contributed by atoms with E-state index in [2.05, 4.69) is 67.8 Å². The van der Waals surface area contributed by atoms with E-state index in [9.17, 15) is 17.8 Å². The number of carbonyl (C=O) groups is 1. The highest BCUT2D eigenvalue weighted by Gasteiger charge is 2.15. The van der Waals surface area contributed by atoms with E-state index in [1.807, 2.05) is 12.1 Å². The maximum Gasteiger partial charge on any atom is 0.343 e. The van der Waals surface area contributed by atoms with E-state index in [-0.39, 0.29) is 10.5 Å². The smallest absolute Gasteiger partial charge is 0.343 e. The summed E-state index contributed by atoms with van der Waals surface area (Å²) < 4.78 is 40.5. The molecule has 2 rings (SSSR count). The van der Waals surface area contributed by atoms with Crippen molar-refractivity contribution >= 4 is 83.9 Å². The summed E-state index contributed by atoms with van der Waals surface area (Å²) in [6.45, 7) is 0. The second kappa shape index (κ2) is 7.27. The molecule has 0 aliphatic rings. The number of halogens is 3. The van der Waals surface area contributed by atoms with E-state index in [1.54, 1.807) is 0 Å². The molecule has 0 fully saturated rings. The number of rotatable bonds is 3. The van der Waals surface area contributed by atoms with Gasteiger partial charge in [0, 0.05) is 3.57 Å². The van der Waals surface area contributed by atoms with Crippen molar-refractivity contribution in [1.29, 1.82) is 0 Å². The van der Waals surface area contributed by atoms with E-state index in [1.165, 1.54) is 12.1 Å². The molecule has 0 aliphatic carbocycles. The highest BCUT2D eigenvalue weighted by atomic mass is 127. The Labute approximate surface area is 168 Å². The first kappa shape index (κ1) is 18.4. The van der Waals surface area contributed by atoms with E-state index >= 15 is 0 Å². The van der Waals surface area contributed by atoms with Crippen molar-refractivity contribution in [3.05, 3.63) is 52.7 Å². The fourth-order valence-corrected chi connectivity index (χ4v) is 5.81. The number of hydrogen-bond donors (Lipinski definition) is 0. The van der Waals surface area contributed by atoms with E-state index in [4.69, 9.17) is 4.74 Å². The molecule has 0 radical (unpaired) electrons. The van der Waals surface area contributed by atoms with Crippen LogP contribution in [0.5, 0.6) is 5.75 Å². The number of esters is 1. The van der Waals surface area contributed by atoms with Crippen LogP contribution in [0.2, 0.25) is 0 Å². The van der Waals surface area contributed by atoms with Crippen LogP contribution in [-0.4, -0.2) is 18.9 Å². The van der Waals surface area contributed by atoms with E-state index in [0.29, 0.717) is 5.75 Å². The highest BCUT2D eigenvalue weighted by Crippen LogP contribution is 2.30. The summed E-state index contributed by atoms with van der Waals surface area (Å²) in [5.41, 5.74) is 0.164. The first-order chi connectivity index (χ1) is 10.2. The monoisotopic (exact) mass is 655 g/mol. The molecule has 2 aromatic rings. The molecule has 0 aromatic heterocycles. The highest BCUT2D eigenvalue weighted by molar-refractivity contribution is 14.1. The Morgan fingerprint density at radius 3 is 1.95 bits per heavy atom. The first-order valence-electron chi connectivity index (χ1n) is 5.61. The SMILES string of the molecule is O=C(Oc1c(I)cc(I)cc1I)c1ccc(S(=O)(=O)[O-])cc1. The Morgan fingerprint density at radius 1 is 1.00 bits per heavy atom. The predicted molar refractivity (Wildman–Crippen MR) is 104 cm³/mol. The summed E-state index contributed by atoms with van der Waals surface area (Å²) in [6.07, 6.45) is 0. The molecule has 0 unspecified atom stereocenters. The Morgan fingerprint density at radius 2 is 1.50 bits per heavy atom. The fourth-order valence-electron chi connectivity index (χ4n) is 1.54. The van der Waals surface area contributed by atoms with Crippen LogP contribution in [0.15, 0.2) is 41.3 Å². The Bertz CT molecular complexity index is 808. The third kappa shape index (κ3) is 4.52. The van der Waals surface area contributed by atoms with Crippen LogP contribution in [0, 0.1) is 10.7 Å². The lowest BCUT2D eigenvalue weighted by Crippen LogP contribution is -2.11. The lowest BCUT2D eigenvalue weighted by atomic mass is 10.2. The predicted octanol–water partition coefficient (Wildman–Crippen LogP) is 3.62. The number of benzene rings is 2. The first-order valence-corrected chi connectivity index (χ1v) is 10.3. The second-order valence-electron chi connectivity index (χ2n) is 4.07. The quantitative estimate of drug-likeness (QED) is 0.219. The normalized spacial score (nSPS) is 11.3. The number of carbonyl (C=O) groups excluding carboxylic acids is 1. The summed E-state index contributed by atoms with van der Waals surface area (Å²) in [5.74, 6) is -0.168. The third-order valence-electron chi connectivity index (χ3n) is 2.54. The molecule has 0 saturated heterocycles. The maximum atomic E-state index is 12.1. The van der Waals surface area contributed by atoms with Crippen molar-refractivity contribution in [2.24, 2.45) is 0 Å². The molecule has 0 saturated carbocycles. The van der Waals surface area contributed by atoms with Gasteiger partial charge in [-0.2, -0.15) is 0 Å². The topological polar surface area (TPSA) is 83.5 Å². The summed E-state index contributed by atoms with van der Waals surface area (Å²) in [6, 6.07) is 8.42. The van der Waals surface area contributed by atoms with Crippen LogP contribution >= 0.6 is 67.8 Å². The van der Waals surface area contributed by atoms with Gasteiger partial charge in [-0.15, -0.1) is 0 Å². The molecule has 0 heterocycles. The van der Waals surface area contributed by atoms with Crippen molar-refractivity contribution in [2.75, 3.05) is 0 Å². The second-order valence-corrected chi connectivity index (χ2v) is 9.02. The third-order valence-corrected chi connectivity index (χ3v) is 5.61. The van der Waals surface area contributed by atoms with Crippen molar-refractivity contribution < 1.29 is 22.5 Å². The molecule has 0 N–H and O–H groups in total. The van der Waals surface area contributed by atoms with Gasteiger partial charge in [-0.05, 0) is 104 Å². The average molecular weight is 655 g/mol. The van der Waals surface area contributed by atoms with Crippen molar-refractivity contribution in [3.63, 3.8) is 0 Å². The van der Waals surface area contributed by atoms with Crippen LogP contribution in [0.1, 0.15) is 10.4 Å². The molecule has 0 amide bonds. The van der Waals surface area contributed by atoms with E-state index < -0.39 is 16.1 Å². The fraction of sp³-hybridized carbons (Fsp3) is 0. The molecule has 0 bridgehead atoms. The summed E-state index contributed by atoms with van der Waals surface area (Å²) in [5, 5.41) is 0. The summed E-state index contributed by atoms with van der Waals surface area (Å²) >= 11 is 6.31. The van der Waals surface area contributed by atoms with Gasteiger partial charge in [0.1, 0.15) is 10.1 Å². The van der Waals surface area contributed by atoms with E-state index in [0.717, 1.165) is 22.8 Å². The van der Waals surface area contributed by atoms with Crippen LogP contribution in [-0.2, 0) is 10.1 Å². The summed E-state index contributed by atoms with van der Waals surface area (Å²) in [7, 11) is -4.53. The molecule has 0 aliphatic heterocycles. The zero-order valence-corrected chi connectivity index (χ0v) is 17.8. The summed E-state index contributed by atoms with van der Waals surface area (Å²) in [4.78, 5) is 11.7. The van der Waals surface area contributed by atoms with Crippen LogP contribution in [0.3, 0.4) is 0 Å². The molecule has 9 heteroatoms.